The number of carbonyl (C=O) groups excluding carboxylic acids is 3. The van der Waals surface area contributed by atoms with Gasteiger partial charge in [0.2, 0.25) is 0 Å². The smallest absolute Gasteiger partial charge is 0.309 e. The van der Waals surface area contributed by atoms with Crippen LogP contribution in [0.25, 0.3) is 0 Å². The first-order valence-electron chi connectivity index (χ1n) is 8.02. The lowest BCUT2D eigenvalue weighted by Gasteiger charge is -2.30. The fraction of sp³-hybridized carbons (Fsp3) is 0.421. The van der Waals surface area contributed by atoms with Gasteiger partial charge in [0.15, 0.2) is 5.78 Å². The third-order valence-electron chi connectivity index (χ3n) is 5.09. The fourth-order valence-corrected chi connectivity index (χ4v) is 3.88. The van der Waals surface area contributed by atoms with Gasteiger partial charge >= 0.3 is 11.9 Å². The molecule has 0 fully saturated rings. The van der Waals surface area contributed by atoms with E-state index in [1.165, 1.54) is 14.2 Å². The molecule has 0 N–H and O–H groups in total. The highest BCUT2D eigenvalue weighted by Gasteiger charge is 2.46. The number of hydrogen-bond donors (Lipinski definition) is 0. The summed E-state index contributed by atoms with van der Waals surface area (Å²) in [6.07, 6.45) is 1.02. The van der Waals surface area contributed by atoms with Crippen molar-refractivity contribution in [2.45, 2.75) is 25.2 Å². The van der Waals surface area contributed by atoms with Gasteiger partial charge < -0.3 is 9.47 Å². The molecule has 3 rings (SSSR count). The Bertz CT molecular complexity index is 704. The molecule has 0 bridgehead atoms. The summed E-state index contributed by atoms with van der Waals surface area (Å²) >= 11 is 0. The predicted molar refractivity (Wildman–Crippen MR) is 86.1 cm³/mol. The summed E-state index contributed by atoms with van der Waals surface area (Å²) in [4.78, 5) is 36.7. The average Bonchev–Trinajstić information content (AvgIpc) is 2.96. The summed E-state index contributed by atoms with van der Waals surface area (Å²) < 4.78 is 9.71. The fourth-order valence-electron chi connectivity index (χ4n) is 3.88. The Labute approximate surface area is 140 Å². The van der Waals surface area contributed by atoms with Crippen molar-refractivity contribution in [3.63, 3.8) is 0 Å². The monoisotopic (exact) mass is 328 g/mol. The third kappa shape index (κ3) is 2.75. The molecule has 0 aliphatic heterocycles. The number of ether oxygens (including phenoxy) is 2. The molecule has 24 heavy (non-hydrogen) atoms. The van der Waals surface area contributed by atoms with E-state index >= 15 is 0 Å². The zero-order valence-corrected chi connectivity index (χ0v) is 13.8. The molecule has 0 aromatic heterocycles. The van der Waals surface area contributed by atoms with E-state index in [0.29, 0.717) is 18.4 Å². The van der Waals surface area contributed by atoms with E-state index in [2.05, 4.69) is 0 Å². The number of rotatable bonds is 3. The quantitative estimate of drug-likeness (QED) is 0.797. The zero-order chi connectivity index (χ0) is 17.3. The van der Waals surface area contributed by atoms with Gasteiger partial charge in [-0.2, -0.15) is 0 Å². The van der Waals surface area contributed by atoms with E-state index in [1.807, 2.05) is 30.3 Å². The van der Waals surface area contributed by atoms with Crippen LogP contribution in [0, 0.1) is 11.8 Å². The van der Waals surface area contributed by atoms with Crippen LogP contribution in [0.15, 0.2) is 41.5 Å². The van der Waals surface area contributed by atoms with Gasteiger partial charge in [0, 0.05) is 12.3 Å². The van der Waals surface area contributed by atoms with E-state index in [0.717, 1.165) is 11.1 Å². The molecule has 126 valence electrons. The normalized spacial score (nSPS) is 26.1. The van der Waals surface area contributed by atoms with Gasteiger partial charge in [-0.1, -0.05) is 35.9 Å². The molecule has 1 aromatic carbocycles. The summed E-state index contributed by atoms with van der Waals surface area (Å²) in [6.45, 7) is 0. The number of esters is 2. The molecule has 5 nitrogen and oxygen atoms in total. The Hall–Kier alpha value is -2.43. The first-order chi connectivity index (χ1) is 11.6. The van der Waals surface area contributed by atoms with Crippen LogP contribution in [0.2, 0.25) is 0 Å². The van der Waals surface area contributed by atoms with Crippen LogP contribution in [-0.4, -0.2) is 31.9 Å². The maximum absolute atomic E-state index is 12.5. The number of benzene rings is 1. The van der Waals surface area contributed by atoms with Gasteiger partial charge in [-0.15, -0.1) is 0 Å². The highest BCUT2D eigenvalue weighted by Crippen LogP contribution is 2.48. The Balaban J connectivity index is 1.98. The van der Waals surface area contributed by atoms with E-state index in [-0.39, 0.29) is 18.1 Å². The highest BCUT2D eigenvalue weighted by molar-refractivity contribution is 6.01. The second kappa shape index (κ2) is 6.59. The minimum Gasteiger partial charge on any atom is -0.469 e. The Kier molecular flexibility index (Phi) is 4.51. The van der Waals surface area contributed by atoms with E-state index in [9.17, 15) is 14.4 Å². The van der Waals surface area contributed by atoms with Crippen LogP contribution in [0.3, 0.4) is 0 Å². The number of methoxy groups -OCH3 is 2. The van der Waals surface area contributed by atoms with Crippen LogP contribution in [0.4, 0.5) is 0 Å². The molecule has 1 aromatic rings. The summed E-state index contributed by atoms with van der Waals surface area (Å²) in [7, 11) is 2.61. The first-order valence-corrected chi connectivity index (χ1v) is 8.02. The van der Waals surface area contributed by atoms with Crippen LogP contribution >= 0.6 is 0 Å². The zero-order valence-electron chi connectivity index (χ0n) is 13.8. The van der Waals surface area contributed by atoms with Crippen LogP contribution in [0.1, 0.15) is 30.7 Å². The van der Waals surface area contributed by atoms with Crippen molar-refractivity contribution in [2.75, 3.05) is 14.2 Å². The van der Waals surface area contributed by atoms with E-state index in [1.54, 1.807) is 0 Å². The van der Waals surface area contributed by atoms with Crippen LogP contribution in [-0.2, 0) is 23.9 Å². The Morgan fingerprint density at radius 3 is 2.08 bits per heavy atom. The average molecular weight is 328 g/mol. The Morgan fingerprint density at radius 2 is 1.50 bits per heavy atom. The van der Waals surface area contributed by atoms with Crippen molar-refractivity contribution < 1.29 is 23.9 Å². The topological polar surface area (TPSA) is 69.7 Å². The van der Waals surface area contributed by atoms with Crippen molar-refractivity contribution in [1.82, 2.24) is 0 Å². The minimum absolute atomic E-state index is 0.0144. The second-order valence-corrected chi connectivity index (χ2v) is 6.26. The number of ketones is 1. The largest absolute Gasteiger partial charge is 0.469 e. The Morgan fingerprint density at radius 1 is 0.917 bits per heavy atom. The molecule has 5 heteroatoms. The maximum Gasteiger partial charge on any atom is 0.309 e. The molecule has 0 heterocycles. The summed E-state index contributed by atoms with van der Waals surface area (Å²) in [5.41, 5.74) is 2.73. The van der Waals surface area contributed by atoms with E-state index in [4.69, 9.17) is 9.47 Å². The lowest BCUT2D eigenvalue weighted by molar-refractivity contribution is -0.158. The van der Waals surface area contributed by atoms with Gasteiger partial charge in [-0.05, 0) is 24.0 Å². The van der Waals surface area contributed by atoms with Gasteiger partial charge in [0.25, 0.3) is 0 Å². The molecule has 2 aliphatic rings. The van der Waals surface area contributed by atoms with Crippen molar-refractivity contribution >= 4 is 17.7 Å². The maximum atomic E-state index is 12.5. The first kappa shape index (κ1) is 16.4. The summed E-state index contributed by atoms with van der Waals surface area (Å²) in [6, 6.07) is 9.80. The molecular formula is C19H20O5. The van der Waals surface area contributed by atoms with E-state index < -0.39 is 23.8 Å². The van der Waals surface area contributed by atoms with Crippen molar-refractivity contribution in [3.05, 3.63) is 47.0 Å². The molecule has 2 aliphatic carbocycles. The number of allylic oxidation sites excluding steroid dienone is 2. The van der Waals surface area contributed by atoms with Gasteiger partial charge in [-0.3, -0.25) is 14.4 Å². The molecule has 0 spiro atoms. The molecule has 0 saturated carbocycles. The summed E-state index contributed by atoms with van der Waals surface area (Å²) in [5.74, 6) is -2.09. The van der Waals surface area contributed by atoms with Crippen molar-refractivity contribution in [2.24, 2.45) is 11.8 Å². The second-order valence-electron chi connectivity index (χ2n) is 6.26. The standard InChI is InChI=1S/C19H20O5/c1-23-18(21)15-8-13-12(11-6-4-3-5-7-11)10-17(20)14(13)9-16(15)19(22)24-2/h3-7,12,15-16H,8-10H2,1-2H3/t12-,15+,16-/m0/s1. The lowest BCUT2D eigenvalue weighted by Crippen LogP contribution is -2.35. The predicted octanol–water partition coefficient (Wildman–Crippen LogP) is 2.41. The molecule has 0 radical (unpaired) electrons. The molecule has 0 unspecified atom stereocenters. The molecule has 0 saturated heterocycles. The van der Waals surface area contributed by atoms with Crippen molar-refractivity contribution in [3.8, 4) is 0 Å². The van der Waals surface area contributed by atoms with Gasteiger partial charge in [-0.25, -0.2) is 0 Å². The van der Waals surface area contributed by atoms with Crippen LogP contribution in [0.5, 0.6) is 0 Å². The SMILES string of the molecule is COC(=O)[C@H]1CC2=C(C[C@H]1C(=O)OC)[C@H](c1ccccc1)CC2=O. The van der Waals surface area contributed by atoms with Gasteiger partial charge in [0.1, 0.15) is 0 Å². The number of carbonyl (C=O) groups is 3. The molecule has 3 atom stereocenters. The number of Topliss-reactive ketones (excluding diaryl/α,β-unsaturated/α-hetero) is 1. The molecule has 0 amide bonds. The molecular weight excluding hydrogens is 308 g/mol. The summed E-state index contributed by atoms with van der Waals surface area (Å²) in [5, 5.41) is 0. The highest BCUT2D eigenvalue weighted by atomic mass is 16.5. The minimum atomic E-state index is -0.653. The lowest BCUT2D eigenvalue weighted by atomic mass is 9.74. The van der Waals surface area contributed by atoms with Crippen LogP contribution < -0.4 is 0 Å². The van der Waals surface area contributed by atoms with Gasteiger partial charge in [0.05, 0.1) is 26.1 Å². The third-order valence-corrected chi connectivity index (χ3v) is 5.09. The van der Waals surface area contributed by atoms with Crippen molar-refractivity contribution in [1.29, 1.82) is 0 Å². The number of hydrogen-bond acceptors (Lipinski definition) is 5.